The van der Waals surface area contributed by atoms with Crippen LogP contribution < -0.4 is 14.4 Å². The number of halogens is 1. The van der Waals surface area contributed by atoms with Gasteiger partial charge in [0.2, 0.25) is 5.91 Å². The molecule has 0 aliphatic rings. The zero-order chi connectivity index (χ0) is 20.9. The van der Waals surface area contributed by atoms with Crippen molar-refractivity contribution in [1.82, 2.24) is 5.32 Å². The first-order valence-electron chi connectivity index (χ1n) is 8.87. The summed E-state index contributed by atoms with van der Waals surface area (Å²) >= 11 is 5.93. The molecule has 1 unspecified atom stereocenters. The minimum Gasteiger partial charge on any atom is -0.497 e. The van der Waals surface area contributed by atoms with Crippen LogP contribution in [0, 0.1) is 5.92 Å². The molecule has 2 rings (SSSR count). The van der Waals surface area contributed by atoms with Crippen molar-refractivity contribution in [1.29, 1.82) is 0 Å². The van der Waals surface area contributed by atoms with Crippen molar-refractivity contribution in [2.75, 3.05) is 18.0 Å². The number of hydrogen-bond donors (Lipinski definition) is 1. The maximum absolute atomic E-state index is 13.2. The molecule has 0 aromatic heterocycles. The van der Waals surface area contributed by atoms with Crippen LogP contribution in [0.3, 0.4) is 0 Å². The fraction of sp³-hybridized carbons (Fsp3) is 0.350. The summed E-state index contributed by atoms with van der Waals surface area (Å²) < 4.78 is 32.6. The highest BCUT2D eigenvalue weighted by Gasteiger charge is 2.28. The summed E-state index contributed by atoms with van der Waals surface area (Å²) in [5, 5.41) is 3.32. The molecule has 1 amide bonds. The van der Waals surface area contributed by atoms with Gasteiger partial charge in [-0.05, 0) is 61.4 Å². The molecular weight excluding hydrogens is 400 g/mol. The Labute approximate surface area is 171 Å². The lowest BCUT2D eigenvalue weighted by atomic mass is 10.1. The van der Waals surface area contributed by atoms with Gasteiger partial charge in [-0.25, -0.2) is 8.42 Å². The van der Waals surface area contributed by atoms with Crippen LogP contribution in [0.25, 0.3) is 0 Å². The first-order chi connectivity index (χ1) is 13.1. The molecule has 28 heavy (non-hydrogen) atoms. The Bertz CT molecular complexity index is 897. The Morgan fingerprint density at radius 3 is 2.14 bits per heavy atom. The maximum atomic E-state index is 13.2. The normalized spacial score (nSPS) is 12.5. The van der Waals surface area contributed by atoms with Crippen molar-refractivity contribution in [2.24, 2.45) is 5.92 Å². The highest BCUT2D eigenvalue weighted by atomic mass is 35.5. The third kappa shape index (κ3) is 5.39. The third-order valence-corrected chi connectivity index (χ3v) is 6.48. The number of anilines is 1. The summed E-state index contributed by atoms with van der Waals surface area (Å²) in [6.07, 6.45) is 0. The van der Waals surface area contributed by atoms with Crippen molar-refractivity contribution in [3.05, 3.63) is 53.6 Å². The van der Waals surface area contributed by atoms with E-state index in [2.05, 4.69) is 5.32 Å². The van der Waals surface area contributed by atoms with E-state index in [1.54, 1.807) is 36.4 Å². The van der Waals surface area contributed by atoms with Gasteiger partial charge < -0.3 is 10.1 Å². The molecule has 1 N–H and O–H groups in total. The quantitative estimate of drug-likeness (QED) is 0.700. The second-order valence-electron chi connectivity index (χ2n) is 6.76. The largest absolute Gasteiger partial charge is 0.497 e. The van der Waals surface area contributed by atoms with Crippen LogP contribution in [0.15, 0.2) is 53.4 Å². The molecule has 1 atom stereocenters. The molecule has 0 aliphatic heterocycles. The number of benzene rings is 2. The van der Waals surface area contributed by atoms with Crippen LogP contribution >= 0.6 is 11.6 Å². The molecule has 2 aromatic carbocycles. The van der Waals surface area contributed by atoms with E-state index in [4.69, 9.17) is 16.3 Å². The number of nitrogens with one attached hydrogen (secondary N) is 1. The van der Waals surface area contributed by atoms with Gasteiger partial charge in [0.05, 0.1) is 17.7 Å². The third-order valence-electron chi connectivity index (χ3n) is 4.44. The molecule has 0 saturated carbocycles. The molecule has 0 heterocycles. The summed E-state index contributed by atoms with van der Waals surface area (Å²) in [7, 11) is -2.47. The number of rotatable bonds is 8. The van der Waals surface area contributed by atoms with Gasteiger partial charge in [-0.15, -0.1) is 0 Å². The Kier molecular flexibility index (Phi) is 7.32. The van der Waals surface area contributed by atoms with E-state index in [0.717, 1.165) is 4.31 Å². The molecule has 0 radical (unpaired) electrons. The average Bonchev–Trinajstić information content (AvgIpc) is 2.66. The summed E-state index contributed by atoms with van der Waals surface area (Å²) in [6, 6.07) is 12.3. The SMILES string of the molecule is COc1ccc(S(=O)(=O)N(CC(=O)NC(C)C(C)C)c2ccc(Cl)cc2)cc1. The van der Waals surface area contributed by atoms with Crippen molar-refractivity contribution in [3.8, 4) is 5.75 Å². The fourth-order valence-electron chi connectivity index (χ4n) is 2.39. The van der Waals surface area contributed by atoms with Crippen molar-refractivity contribution < 1.29 is 17.9 Å². The number of nitrogens with zero attached hydrogens (tertiary/aromatic N) is 1. The Hall–Kier alpha value is -2.25. The summed E-state index contributed by atoms with van der Waals surface area (Å²) in [6.45, 7) is 5.51. The smallest absolute Gasteiger partial charge is 0.264 e. The van der Waals surface area contributed by atoms with Crippen LogP contribution in [-0.2, 0) is 14.8 Å². The van der Waals surface area contributed by atoms with Crippen molar-refractivity contribution >= 4 is 33.2 Å². The number of sulfonamides is 1. The zero-order valence-corrected chi connectivity index (χ0v) is 17.9. The minimum absolute atomic E-state index is 0.0629. The number of amides is 1. The van der Waals surface area contributed by atoms with Crippen LogP contribution in [0.1, 0.15) is 20.8 Å². The van der Waals surface area contributed by atoms with Crippen LogP contribution in [0.4, 0.5) is 5.69 Å². The lowest BCUT2D eigenvalue weighted by Crippen LogP contribution is -2.45. The van der Waals surface area contributed by atoms with E-state index >= 15 is 0 Å². The van der Waals surface area contributed by atoms with Crippen LogP contribution in [-0.4, -0.2) is 34.0 Å². The van der Waals surface area contributed by atoms with E-state index < -0.39 is 10.0 Å². The van der Waals surface area contributed by atoms with E-state index in [9.17, 15) is 13.2 Å². The molecule has 2 aromatic rings. The molecular formula is C20H25ClN2O4S. The van der Waals surface area contributed by atoms with Crippen LogP contribution in [0.5, 0.6) is 5.75 Å². The number of carbonyl (C=O) groups is 1. The lowest BCUT2D eigenvalue weighted by Gasteiger charge is -2.26. The molecule has 6 nitrogen and oxygen atoms in total. The zero-order valence-electron chi connectivity index (χ0n) is 16.3. The molecule has 0 aliphatic carbocycles. The first-order valence-corrected chi connectivity index (χ1v) is 10.7. The van der Waals surface area contributed by atoms with E-state index in [0.29, 0.717) is 16.5 Å². The van der Waals surface area contributed by atoms with Gasteiger partial charge in [0.15, 0.2) is 0 Å². The maximum Gasteiger partial charge on any atom is 0.264 e. The highest BCUT2D eigenvalue weighted by molar-refractivity contribution is 7.92. The summed E-state index contributed by atoms with van der Waals surface area (Å²) in [5.41, 5.74) is 0.354. The highest BCUT2D eigenvalue weighted by Crippen LogP contribution is 2.26. The predicted molar refractivity (Wildman–Crippen MR) is 111 cm³/mol. The van der Waals surface area contributed by atoms with Gasteiger partial charge >= 0.3 is 0 Å². The van der Waals surface area contributed by atoms with Gasteiger partial charge in [0.1, 0.15) is 12.3 Å². The van der Waals surface area contributed by atoms with Gasteiger partial charge in [0.25, 0.3) is 10.0 Å². The fourth-order valence-corrected chi connectivity index (χ4v) is 3.94. The molecule has 0 saturated heterocycles. The number of ether oxygens (including phenoxy) is 1. The Morgan fingerprint density at radius 1 is 1.07 bits per heavy atom. The molecule has 0 bridgehead atoms. The minimum atomic E-state index is -3.97. The molecule has 152 valence electrons. The number of carbonyl (C=O) groups excluding carboxylic acids is 1. The Morgan fingerprint density at radius 2 is 1.64 bits per heavy atom. The lowest BCUT2D eigenvalue weighted by molar-refractivity contribution is -0.120. The average molecular weight is 425 g/mol. The second kappa shape index (κ2) is 9.30. The van der Waals surface area contributed by atoms with Crippen LogP contribution in [0.2, 0.25) is 5.02 Å². The summed E-state index contributed by atoms with van der Waals surface area (Å²) in [4.78, 5) is 12.6. The second-order valence-corrected chi connectivity index (χ2v) is 9.06. The topological polar surface area (TPSA) is 75.7 Å². The van der Waals surface area contributed by atoms with Gasteiger partial charge in [0, 0.05) is 11.1 Å². The van der Waals surface area contributed by atoms with Crippen molar-refractivity contribution in [3.63, 3.8) is 0 Å². The predicted octanol–water partition coefficient (Wildman–Crippen LogP) is 3.70. The van der Waals surface area contributed by atoms with Crippen molar-refractivity contribution in [2.45, 2.75) is 31.7 Å². The standard InChI is InChI=1S/C20H25ClN2O4S/c1-14(2)15(3)22-20(24)13-23(17-7-5-16(21)6-8-17)28(25,26)19-11-9-18(27-4)10-12-19/h5-12,14-15H,13H2,1-4H3,(H,22,24). The molecule has 0 spiro atoms. The molecule has 0 fully saturated rings. The number of methoxy groups -OCH3 is 1. The van der Waals surface area contributed by atoms with Gasteiger partial charge in [-0.1, -0.05) is 25.4 Å². The molecule has 8 heteroatoms. The van der Waals surface area contributed by atoms with Gasteiger partial charge in [-0.2, -0.15) is 0 Å². The van der Waals surface area contributed by atoms with E-state index in [1.165, 1.54) is 19.2 Å². The first kappa shape index (κ1) is 22.0. The van der Waals surface area contributed by atoms with Gasteiger partial charge in [-0.3, -0.25) is 9.10 Å². The van der Waals surface area contributed by atoms with E-state index in [1.807, 2.05) is 20.8 Å². The number of hydrogen-bond acceptors (Lipinski definition) is 4. The summed E-state index contributed by atoms with van der Waals surface area (Å²) in [5.74, 6) is 0.389. The Balaban J connectivity index is 2.39. The van der Waals surface area contributed by atoms with E-state index in [-0.39, 0.29) is 29.3 Å². The monoisotopic (exact) mass is 424 g/mol.